The topological polar surface area (TPSA) is 78.5 Å². The highest BCUT2D eigenvalue weighted by Gasteiger charge is 2.34. The summed E-state index contributed by atoms with van der Waals surface area (Å²) in [6.45, 7) is 4.89. The van der Waals surface area contributed by atoms with Crippen LogP contribution in [-0.4, -0.2) is 41.8 Å². The molecule has 2 aromatic rings. The third-order valence-corrected chi connectivity index (χ3v) is 5.45. The quantitative estimate of drug-likeness (QED) is 0.621. The van der Waals surface area contributed by atoms with Gasteiger partial charge in [0.1, 0.15) is 11.9 Å². The van der Waals surface area contributed by atoms with Crippen LogP contribution >= 0.6 is 0 Å². The zero-order valence-corrected chi connectivity index (χ0v) is 18.6. The SMILES string of the molecule is CC(C)CC(=O)N1Cc2ccccc2C[C@@H]1C(=O)NCCNC(=O)Cc1cccc(F)c1. The Hall–Kier alpha value is -3.22. The average Bonchev–Trinajstić information content (AvgIpc) is 2.75. The van der Waals surface area contributed by atoms with Crippen LogP contribution in [0.4, 0.5) is 4.39 Å². The highest BCUT2D eigenvalue weighted by molar-refractivity contribution is 5.88. The zero-order valence-electron chi connectivity index (χ0n) is 18.6. The summed E-state index contributed by atoms with van der Waals surface area (Å²) < 4.78 is 13.2. The van der Waals surface area contributed by atoms with E-state index in [1.807, 2.05) is 38.1 Å². The number of nitrogens with zero attached hydrogens (tertiary/aromatic N) is 1. The molecule has 1 atom stereocenters. The molecule has 0 saturated carbocycles. The molecule has 1 aliphatic rings. The molecule has 0 aliphatic carbocycles. The van der Waals surface area contributed by atoms with Crippen LogP contribution in [0.5, 0.6) is 0 Å². The van der Waals surface area contributed by atoms with Crippen LogP contribution in [0.25, 0.3) is 0 Å². The lowest BCUT2D eigenvalue weighted by atomic mass is 9.92. The molecule has 2 aromatic carbocycles. The van der Waals surface area contributed by atoms with E-state index in [0.29, 0.717) is 24.9 Å². The van der Waals surface area contributed by atoms with E-state index in [1.165, 1.54) is 12.1 Å². The van der Waals surface area contributed by atoms with Crippen LogP contribution in [0, 0.1) is 11.7 Å². The second-order valence-electron chi connectivity index (χ2n) is 8.56. The number of benzene rings is 2. The Morgan fingerprint density at radius 3 is 2.47 bits per heavy atom. The van der Waals surface area contributed by atoms with Crippen molar-refractivity contribution in [3.63, 3.8) is 0 Å². The molecule has 7 heteroatoms. The Labute approximate surface area is 188 Å². The number of carbonyl (C=O) groups excluding carboxylic acids is 3. The van der Waals surface area contributed by atoms with Crippen LogP contribution in [0.15, 0.2) is 48.5 Å². The maximum absolute atomic E-state index is 13.2. The van der Waals surface area contributed by atoms with Gasteiger partial charge in [-0.2, -0.15) is 0 Å². The molecule has 0 unspecified atom stereocenters. The second kappa shape index (κ2) is 10.9. The van der Waals surface area contributed by atoms with Gasteiger partial charge in [0.15, 0.2) is 0 Å². The fourth-order valence-corrected chi connectivity index (χ4v) is 3.89. The summed E-state index contributed by atoms with van der Waals surface area (Å²) in [4.78, 5) is 39.5. The first-order chi connectivity index (χ1) is 15.3. The highest BCUT2D eigenvalue weighted by atomic mass is 19.1. The molecule has 1 aliphatic heterocycles. The smallest absolute Gasteiger partial charge is 0.243 e. The molecule has 6 nitrogen and oxygen atoms in total. The highest BCUT2D eigenvalue weighted by Crippen LogP contribution is 2.25. The fraction of sp³-hybridized carbons (Fsp3) is 0.400. The first kappa shape index (κ1) is 23.4. The maximum atomic E-state index is 13.2. The van der Waals surface area contributed by atoms with Crippen molar-refractivity contribution in [3.8, 4) is 0 Å². The predicted octanol–water partition coefficient (Wildman–Crippen LogP) is 2.60. The van der Waals surface area contributed by atoms with Crippen molar-refractivity contribution >= 4 is 17.7 Å². The van der Waals surface area contributed by atoms with Gasteiger partial charge >= 0.3 is 0 Å². The van der Waals surface area contributed by atoms with Crippen molar-refractivity contribution in [2.75, 3.05) is 13.1 Å². The lowest BCUT2D eigenvalue weighted by Gasteiger charge is -2.36. The molecular formula is C25H30FN3O3. The zero-order chi connectivity index (χ0) is 23.1. The summed E-state index contributed by atoms with van der Waals surface area (Å²) in [6, 6.07) is 13.2. The number of carbonyl (C=O) groups is 3. The molecule has 3 amide bonds. The van der Waals surface area contributed by atoms with Crippen molar-refractivity contribution in [2.24, 2.45) is 5.92 Å². The van der Waals surface area contributed by atoms with Crippen LogP contribution in [0.2, 0.25) is 0 Å². The van der Waals surface area contributed by atoms with E-state index in [0.717, 1.165) is 11.1 Å². The minimum absolute atomic E-state index is 0.0296. The van der Waals surface area contributed by atoms with Gasteiger partial charge in [-0.15, -0.1) is 0 Å². The molecule has 0 radical (unpaired) electrons. The maximum Gasteiger partial charge on any atom is 0.243 e. The summed E-state index contributed by atoms with van der Waals surface area (Å²) in [7, 11) is 0. The van der Waals surface area contributed by atoms with Gasteiger partial charge in [0, 0.05) is 32.5 Å². The summed E-state index contributed by atoms with van der Waals surface area (Å²) >= 11 is 0. The van der Waals surface area contributed by atoms with Gasteiger partial charge in [-0.3, -0.25) is 14.4 Å². The largest absolute Gasteiger partial charge is 0.354 e. The van der Waals surface area contributed by atoms with Gasteiger partial charge in [-0.25, -0.2) is 4.39 Å². The Bertz CT molecular complexity index is 976. The molecule has 32 heavy (non-hydrogen) atoms. The van der Waals surface area contributed by atoms with Gasteiger partial charge < -0.3 is 15.5 Å². The van der Waals surface area contributed by atoms with Crippen molar-refractivity contribution in [3.05, 3.63) is 71.0 Å². The van der Waals surface area contributed by atoms with Crippen LogP contribution < -0.4 is 10.6 Å². The summed E-state index contributed by atoms with van der Waals surface area (Å²) in [5.41, 5.74) is 2.73. The van der Waals surface area contributed by atoms with E-state index in [-0.39, 0.29) is 49.0 Å². The van der Waals surface area contributed by atoms with Gasteiger partial charge in [-0.05, 0) is 34.7 Å². The summed E-state index contributed by atoms with van der Waals surface area (Å²) in [5, 5.41) is 5.57. The second-order valence-corrected chi connectivity index (χ2v) is 8.56. The van der Waals surface area contributed by atoms with E-state index in [1.54, 1.807) is 17.0 Å². The van der Waals surface area contributed by atoms with Crippen molar-refractivity contribution < 1.29 is 18.8 Å². The van der Waals surface area contributed by atoms with Crippen molar-refractivity contribution in [1.82, 2.24) is 15.5 Å². The Morgan fingerprint density at radius 2 is 1.75 bits per heavy atom. The van der Waals surface area contributed by atoms with E-state index < -0.39 is 6.04 Å². The number of hydrogen-bond acceptors (Lipinski definition) is 3. The first-order valence-electron chi connectivity index (χ1n) is 11.0. The predicted molar refractivity (Wildman–Crippen MR) is 120 cm³/mol. The number of amides is 3. The lowest BCUT2D eigenvalue weighted by Crippen LogP contribution is -2.53. The Balaban J connectivity index is 1.53. The molecule has 0 aromatic heterocycles. The number of nitrogens with one attached hydrogen (secondary N) is 2. The standard InChI is InChI=1S/C25H30FN3O3/c1-17(2)12-24(31)29-16-20-8-4-3-7-19(20)15-22(29)25(32)28-11-10-27-23(30)14-18-6-5-9-21(26)13-18/h3-9,13,17,22H,10-12,14-16H2,1-2H3,(H,27,30)(H,28,32)/t22-/m1/s1. The molecule has 3 rings (SSSR count). The van der Waals surface area contributed by atoms with Gasteiger partial charge in [0.05, 0.1) is 6.42 Å². The molecule has 0 spiro atoms. The third-order valence-electron chi connectivity index (χ3n) is 5.45. The molecule has 1 heterocycles. The van der Waals surface area contributed by atoms with Crippen LogP contribution in [0.1, 0.15) is 37.0 Å². The van der Waals surface area contributed by atoms with E-state index in [2.05, 4.69) is 10.6 Å². The minimum Gasteiger partial charge on any atom is -0.354 e. The Kier molecular flexibility index (Phi) is 7.98. The summed E-state index contributed by atoms with van der Waals surface area (Å²) in [5.74, 6) is -0.677. The molecule has 0 fully saturated rings. The van der Waals surface area contributed by atoms with Crippen LogP contribution in [-0.2, 0) is 33.8 Å². The fourth-order valence-electron chi connectivity index (χ4n) is 3.89. The van der Waals surface area contributed by atoms with Crippen molar-refractivity contribution in [1.29, 1.82) is 0 Å². The number of hydrogen-bond donors (Lipinski definition) is 2. The monoisotopic (exact) mass is 439 g/mol. The Morgan fingerprint density at radius 1 is 1.03 bits per heavy atom. The molecule has 0 bridgehead atoms. The van der Waals surface area contributed by atoms with Gasteiger partial charge in [0.2, 0.25) is 17.7 Å². The van der Waals surface area contributed by atoms with Gasteiger partial charge in [-0.1, -0.05) is 50.2 Å². The van der Waals surface area contributed by atoms with E-state index >= 15 is 0 Å². The molecule has 2 N–H and O–H groups in total. The number of fused-ring (bicyclic) bond motifs is 1. The third kappa shape index (κ3) is 6.39. The van der Waals surface area contributed by atoms with Crippen LogP contribution in [0.3, 0.4) is 0 Å². The average molecular weight is 440 g/mol. The van der Waals surface area contributed by atoms with E-state index in [4.69, 9.17) is 0 Å². The van der Waals surface area contributed by atoms with E-state index in [9.17, 15) is 18.8 Å². The number of halogens is 1. The number of rotatable bonds is 8. The normalized spacial score (nSPS) is 15.2. The van der Waals surface area contributed by atoms with Crippen molar-refractivity contribution in [2.45, 2.75) is 45.7 Å². The summed E-state index contributed by atoms with van der Waals surface area (Å²) in [6.07, 6.45) is 0.933. The molecule has 170 valence electrons. The van der Waals surface area contributed by atoms with Gasteiger partial charge in [0.25, 0.3) is 0 Å². The lowest BCUT2D eigenvalue weighted by molar-refractivity contribution is -0.142. The first-order valence-corrected chi connectivity index (χ1v) is 11.0. The minimum atomic E-state index is -0.570. The molecule has 0 saturated heterocycles. The molecular weight excluding hydrogens is 409 g/mol.